The van der Waals surface area contributed by atoms with Crippen LogP contribution in [0.25, 0.3) is 0 Å². The molecule has 0 fully saturated rings. The van der Waals surface area contributed by atoms with E-state index in [4.69, 9.17) is 27.9 Å². The van der Waals surface area contributed by atoms with E-state index in [-0.39, 0.29) is 22.6 Å². The van der Waals surface area contributed by atoms with Crippen molar-refractivity contribution < 1.29 is 17.9 Å². The van der Waals surface area contributed by atoms with Gasteiger partial charge in [0.2, 0.25) is 10.0 Å². The third-order valence-electron chi connectivity index (χ3n) is 2.52. The summed E-state index contributed by atoms with van der Waals surface area (Å²) in [6, 6.07) is 4.42. The van der Waals surface area contributed by atoms with Crippen molar-refractivity contribution in [3.8, 4) is 0 Å². The number of benzene rings is 1. The number of anilines is 1. The van der Waals surface area contributed by atoms with Crippen molar-refractivity contribution in [1.82, 2.24) is 0 Å². The van der Waals surface area contributed by atoms with Gasteiger partial charge in [-0.1, -0.05) is 23.2 Å². The van der Waals surface area contributed by atoms with Crippen LogP contribution in [0.15, 0.2) is 18.2 Å². The van der Waals surface area contributed by atoms with Crippen molar-refractivity contribution in [2.24, 2.45) is 0 Å². The Balaban J connectivity index is 3.21. The molecule has 21 heavy (non-hydrogen) atoms. The number of carbonyl (C=O) groups excluding carboxylic acids is 1. The van der Waals surface area contributed by atoms with Gasteiger partial charge in [0.25, 0.3) is 0 Å². The lowest BCUT2D eigenvalue weighted by Gasteiger charge is -2.24. The minimum absolute atomic E-state index is 0.159. The molecule has 5 nitrogen and oxygen atoms in total. The van der Waals surface area contributed by atoms with E-state index < -0.39 is 22.5 Å². The molecule has 0 aliphatic carbocycles. The molecule has 1 aromatic carbocycles. The summed E-state index contributed by atoms with van der Waals surface area (Å²) in [5.74, 6) is -0.830. The number of rotatable bonds is 6. The van der Waals surface area contributed by atoms with Gasteiger partial charge < -0.3 is 4.74 Å². The van der Waals surface area contributed by atoms with Crippen molar-refractivity contribution in [2.75, 3.05) is 16.6 Å². The molecule has 0 heterocycles. The first-order valence-electron chi connectivity index (χ1n) is 6.32. The van der Waals surface area contributed by atoms with Crippen molar-refractivity contribution in [2.45, 2.75) is 26.9 Å². The molecule has 118 valence electrons. The van der Waals surface area contributed by atoms with Gasteiger partial charge >= 0.3 is 5.97 Å². The summed E-state index contributed by atoms with van der Waals surface area (Å²) >= 11 is 11.9. The molecule has 0 aromatic heterocycles. The molecule has 0 N–H and O–H groups in total. The Labute approximate surface area is 134 Å². The van der Waals surface area contributed by atoms with Gasteiger partial charge in [-0.15, -0.1) is 0 Å². The van der Waals surface area contributed by atoms with Crippen LogP contribution in [0.4, 0.5) is 5.69 Å². The fraction of sp³-hybridized carbons (Fsp3) is 0.462. The Morgan fingerprint density at radius 1 is 1.33 bits per heavy atom. The first-order chi connectivity index (χ1) is 9.67. The minimum Gasteiger partial charge on any atom is -0.462 e. The molecule has 0 atom stereocenters. The largest absolute Gasteiger partial charge is 0.462 e. The van der Waals surface area contributed by atoms with E-state index in [1.807, 2.05) is 0 Å². The zero-order valence-corrected chi connectivity index (χ0v) is 14.3. The highest BCUT2D eigenvalue weighted by atomic mass is 35.5. The monoisotopic (exact) mass is 353 g/mol. The molecule has 0 aliphatic rings. The number of nitrogens with zero attached hydrogens (tertiary/aromatic N) is 1. The van der Waals surface area contributed by atoms with Gasteiger partial charge in [0, 0.05) is 5.02 Å². The predicted molar refractivity (Wildman–Crippen MR) is 84.5 cm³/mol. The van der Waals surface area contributed by atoms with Gasteiger partial charge in [0.05, 0.1) is 22.6 Å². The Bertz CT molecular complexity index is 617. The number of ether oxygens (including phenoxy) is 1. The van der Waals surface area contributed by atoms with E-state index in [1.54, 1.807) is 13.8 Å². The summed E-state index contributed by atoms with van der Waals surface area (Å²) < 4.78 is 30.3. The number of hydrogen-bond acceptors (Lipinski definition) is 4. The molecule has 0 saturated heterocycles. The molecule has 1 rings (SSSR count). The smallest absolute Gasteiger partial charge is 0.327 e. The minimum atomic E-state index is -3.69. The number of hydrogen-bond donors (Lipinski definition) is 0. The fourth-order valence-electron chi connectivity index (χ4n) is 1.58. The molecular weight excluding hydrogens is 337 g/mol. The Kier molecular flexibility index (Phi) is 6.31. The van der Waals surface area contributed by atoms with E-state index >= 15 is 0 Å². The summed E-state index contributed by atoms with van der Waals surface area (Å²) in [5, 5.41) is 0.511. The van der Waals surface area contributed by atoms with Crippen LogP contribution >= 0.6 is 23.2 Å². The predicted octanol–water partition coefficient (Wildman–Crippen LogP) is 3.10. The highest BCUT2D eigenvalue weighted by Crippen LogP contribution is 2.31. The second-order valence-corrected chi connectivity index (χ2v) is 7.57. The maximum Gasteiger partial charge on any atom is 0.327 e. The van der Waals surface area contributed by atoms with E-state index in [0.717, 1.165) is 4.31 Å². The van der Waals surface area contributed by atoms with E-state index in [1.165, 1.54) is 25.1 Å². The lowest BCUT2D eigenvalue weighted by Crippen LogP contribution is -2.38. The molecule has 0 unspecified atom stereocenters. The van der Waals surface area contributed by atoms with Crippen molar-refractivity contribution in [3.63, 3.8) is 0 Å². The molecule has 0 amide bonds. The Hall–Kier alpha value is -0.980. The molecule has 0 bridgehead atoms. The van der Waals surface area contributed by atoms with Crippen molar-refractivity contribution >= 4 is 44.9 Å². The van der Waals surface area contributed by atoms with Gasteiger partial charge in [-0.25, -0.2) is 8.42 Å². The van der Waals surface area contributed by atoms with E-state index in [0.29, 0.717) is 5.02 Å². The summed E-state index contributed by atoms with van der Waals surface area (Å²) in [6.07, 6.45) is -0.335. The third-order valence-corrected chi connectivity index (χ3v) is 4.80. The summed E-state index contributed by atoms with van der Waals surface area (Å²) in [4.78, 5) is 11.8. The van der Waals surface area contributed by atoms with Gasteiger partial charge in [0.1, 0.15) is 6.54 Å². The van der Waals surface area contributed by atoms with Crippen LogP contribution < -0.4 is 4.31 Å². The molecule has 0 aliphatic heterocycles. The van der Waals surface area contributed by atoms with Gasteiger partial charge in [0.15, 0.2) is 0 Å². The lowest BCUT2D eigenvalue weighted by atomic mass is 10.3. The highest BCUT2D eigenvalue weighted by Gasteiger charge is 2.26. The van der Waals surface area contributed by atoms with Crippen molar-refractivity contribution in [1.29, 1.82) is 0 Å². The zero-order valence-electron chi connectivity index (χ0n) is 12.0. The standard InChI is InChI=1S/C13H17Cl2NO4S/c1-4-21(18,19)16(8-13(17)20-9(2)3)12-7-10(14)5-6-11(12)15/h5-7,9H,4,8H2,1-3H3. The van der Waals surface area contributed by atoms with Gasteiger partial charge in [-0.2, -0.15) is 0 Å². The molecule has 8 heteroatoms. The third kappa shape index (κ3) is 5.05. The maximum atomic E-state index is 12.2. The molecule has 0 radical (unpaired) electrons. The SMILES string of the molecule is CCS(=O)(=O)N(CC(=O)OC(C)C)c1cc(Cl)ccc1Cl. The van der Waals surface area contributed by atoms with Crippen LogP contribution in [-0.2, 0) is 19.6 Å². The van der Waals surface area contributed by atoms with Crippen LogP contribution in [0.3, 0.4) is 0 Å². The highest BCUT2D eigenvalue weighted by molar-refractivity contribution is 7.92. The van der Waals surface area contributed by atoms with E-state index in [2.05, 4.69) is 0 Å². The first kappa shape index (κ1) is 18.1. The summed E-state index contributed by atoms with van der Waals surface area (Å²) in [6.45, 7) is 4.40. The van der Waals surface area contributed by atoms with E-state index in [9.17, 15) is 13.2 Å². The van der Waals surface area contributed by atoms with Crippen LogP contribution in [0.1, 0.15) is 20.8 Å². The summed E-state index contributed by atoms with van der Waals surface area (Å²) in [7, 11) is -3.69. The van der Waals surface area contributed by atoms with Gasteiger partial charge in [-0.05, 0) is 39.0 Å². The molecule has 1 aromatic rings. The topological polar surface area (TPSA) is 63.7 Å². The average Bonchev–Trinajstić information content (AvgIpc) is 2.38. The average molecular weight is 354 g/mol. The van der Waals surface area contributed by atoms with Gasteiger partial charge in [-0.3, -0.25) is 9.10 Å². The van der Waals surface area contributed by atoms with Crippen LogP contribution in [-0.4, -0.2) is 32.8 Å². The second kappa shape index (κ2) is 7.33. The molecule has 0 spiro atoms. The Morgan fingerprint density at radius 2 is 1.95 bits per heavy atom. The lowest BCUT2D eigenvalue weighted by molar-refractivity contribution is -0.145. The molecule has 0 saturated carbocycles. The Morgan fingerprint density at radius 3 is 2.48 bits per heavy atom. The number of sulfonamides is 1. The zero-order chi connectivity index (χ0) is 16.2. The number of halogens is 2. The maximum absolute atomic E-state index is 12.2. The van der Waals surface area contributed by atoms with Crippen LogP contribution in [0, 0.1) is 0 Å². The fourth-order valence-corrected chi connectivity index (χ4v) is 3.08. The van der Waals surface area contributed by atoms with Crippen LogP contribution in [0.2, 0.25) is 10.0 Å². The second-order valence-electron chi connectivity index (χ2n) is 4.54. The van der Waals surface area contributed by atoms with Crippen molar-refractivity contribution in [3.05, 3.63) is 28.2 Å². The van der Waals surface area contributed by atoms with Crippen LogP contribution in [0.5, 0.6) is 0 Å². The molecular formula is C13H17Cl2NO4S. The first-order valence-corrected chi connectivity index (χ1v) is 8.68. The number of carbonyl (C=O) groups is 1. The summed E-state index contributed by atoms with van der Waals surface area (Å²) in [5.41, 5.74) is 0.159. The normalized spacial score (nSPS) is 11.5. The quantitative estimate of drug-likeness (QED) is 0.737. The number of esters is 1.